The number of hydrogen-bond acceptors (Lipinski definition) is 1. The Balaban J connectivity index is 1.94. The van der Waals surface area contributed by atoms with Gasteiger partial charge in [0.15, 0.2) is 0 Å². The van der Waals surface area contributed by atoms with Gasteiger partial charge < -0.3 is 4.74 Å². The SMILES string of the molecule is CC(C)=CC[C@@]1(C)O[C@H](c2ccc(C)cc2)[C@H]2C[C@@H]1CC=C2C. The molecule has 0 spiro atoms. The molecule has 1 heterocycles. The van der Waals surface area contributed by atoms with Crippen molar-refractivity contribution >= 4 is 0 Å². The van der Waals surface area contributed by atoms with Gasteiger partial charge in [0, 0.05) is 5.92 Å². The molecule has 0 N–H and O–H groups in total. The molecule has 0 unspecified atom stereocenters. The van der Waals surface area contributed by atoms with E-state index in [-0.39, 0.29) is 11.7 Å². The molecule has 1 fully saturated rings. The Labute approximate surface area is 141 Å². The van der Waals surface area contributed by atoms with E-state index in [0.717, 1.165) is 12.8 Å². The molecule has 1 aromatic carbocycles. The number of rotatable bonds is 3. The molecule has 1 aliphatic carbocycles. The highest BCUT2D eigenvalue weighted by Gasteiger charge is 2.47. The Morgan fingerprint density at radius 1 is 1.22 bits per heavy atom. The van der Waals surface area contributed by atoms with Crippen molar-refractivity contribution in [2.45, 2.75) is 65.6 Å². The number of allylic oxidation sites excluding steroid dienone is 2. The van der Waals surface area contributed by atoms with Crippen LogP contribution in [0.4, 0.5) is 0 Å². The summed E-state index contributed by atoms with van der Waals surface area (Å²) >= 11 is 0. The van der Waals surface area contributed by atoms with Gasteiger partial charge in [0.05, 0.1) is 11.7 Å². The van der Waals surface area contributed by atoms with Crippen molar-refractivity contribution < 1.29 is 4.74 Å². The predicted molar refractivity (Wildman–Crippen MR) is 97.4 cm³/mol. The third kappa shape index (κ3) is 3.30. The number of aryl methyl sites for hydroxylation is 1. The van der Waals surface area contributed by atoms with Gasteiger partial charge in [-0.15, -0.1) is 0 Å². The van der Waals surface area contributed by atoms with Gasteiger partial charge in [-0.3, -0.25) is 0 Å². The zero-order valence-electron chi connectivity index (χ0n) is 15.2. The van der Waals surface area contributed by atoms with Crippen molar-refractivity contribution in [1.82, 2.24) is 0 Å². The summed E-state index contributed by atoms with van der Waals surface area (Å²) in [6, 6.07) is 8.92. The van der Waals surface area contributed by atoms with Crippen LogP contribution in [0.25, 0.3) is 0 Å². The highest BCUT2D eigenvalue weighted by Crippen LogP contribution is 2.52. The molecule has 1 aliphatic heterocycles. The Bertz CT molecular complexity index is 618. The van der Waals surface area contributed by atoms with Gasteiger partial charge in [0.1, 0.15) is 0 Å². The molecular formula is C22H30O. The maximum absolute atomic E-state index is 6.80. The van der Waals surface area contributed by atoms with Gasteiger partial charge in [-0.25, -0.2) is 0 Å². The van der Waals surface area contributed by atoms with Crippen LogP contribution in [-0.4, -0.2) is 5.60 Å². The molecule has 1 nitrogen and oxygen atoms in total. The molecule has 1 heteroatoms. The van der Waals surface area contributed by atoms with E-state index in [1.165, 1.54) is 28.7 Å². The Hall–Kier alpha value is -1.34. The van der Waals surface area contributed by atoms with Gasteiger partial charge in [-0.1, -0.05) is 53.1 Å². The van der Waals surface area contributed by atoms with E-state index >= 15 is 0 Å². The number of benzene rings is 1. The number of ether oxygens (including phenoxy) is 1. The second-order valence-corrected chi connectivity index (χ2v) is 7.97. The number of hydrogen-bond donors (Lipinski definition) is 0. The van der Waals surface area contributed by atoms with E-state index < -0.39 is 0 Å². The molecule has 4 atom stereocenters. The molecular weight excluding hydrogens is 280 g/mol. The lowest BCUT2D eigenvalue weighted by Crippen LogP contribution is -2.47. The average molecular weight is 310 g/mol. The second kappa shape index (κ2) is 6.28. The molecule has 2 bridgehead atoms. The van der Waals surface area contributed by atoms with E-state index in [9.17, 15) is 0 Å². The van der Waals surface area contributed by atoms with Crippen molar-refractivity contribution in [3.05, 3.63) is 58.7 Å². The summed E-state index contributed by atoms with van der Waals surface area (Å²) in [4.78, 5) is 0. The number of fused-ring (bicyclic) bond motifs is 2. The smallest absolute Gasteiger partial charge is 0.0897 e. The zero-order chi connectivity index (χ0) is 16.6. The van der Waals surface area contributed by atoms with Crippen LogP contribution < -0.4 is 0 Å². The van der Waals surface area contributed by atoms with Crippen molar-refractivity contribution in [2.75, 3.05) is 0 Å². The summed E-state index contributed by atoms with van der Waals surface area (Å²) in [5.74, 6) is 1.17. The van der Waals surface area contributed by atoms with Gasteiger partial charge in [-0.05, 0) is 65.4 Å². The molecule has 3 rings (SSSR count). The molecule has 0 amide bonds. The van der Waals surface area contributed by atoms with Gasteiger partial charge in [0.25, 0.3) is 0 Å². The zero-order valence-corrected chi connectivity index (χ0v) is 15.2. The fourth-order valence-corrected chi connectivity index (χ4v) is 4.08. The summed E-state index contributed by atoms with van der Waals surface area (Å²) in [6.07, 6.45) is 8.44. The van der Waals surface area contributed by atoms with Crippen molar-refractivity contribution in [2.24, 2.45) is 11.8 Å². The first-order chi connectivity index (χ1) is 10.9. The minimum Gasteiger partial charge on any atom is -0.366 e. The van der Waals surface area contributed by atoms with Gasteiger partial charge in [-0.2, -0.15) is 0 Å². The molecule has 1 saturated heterocycles. The standard InChI is InChI=1S/C22H30O/c1-15(2)12-13-22(5)19-11-8-17(4)20(14-19)21(23-22)18-9-6-16(3)7-10-18/h6-10,12,19-21H,11,13-14H2,1-5H3/t19-,20-,21+,22+/m0/s1. The summed E-state index contributed by atoms with van der Waals surface area (Å²) in [5, 5.41) is 0. The Morgan fingerprint density at radius 2 is 1.91 bits per heavy atom. The van der Waals surface area contributed by atoms with E-state index in [4.69, 9.17) is 4.74 Å². The first-order valence-electron chi connectivity index (χ1n) is 8.93. The summed E-state index contributed by atoms with van der Waals surface area (Å²) < 4.78 is 6.80. The van der Waals surface area contributed by atoms with Crippen molar-refractivity contribution in [3.8, 4) is 0 Å². The van der Waals surface area contributed by atoms with Crippen molar-refractivity contribution in [1.29, 1.82) is 0 Å². The maximum Gasteiger partial charge on any atom is 0.0897 e. The largest absolute Gasteiger partial charge is 0.366 e. The van der Waals surface area contributed by atoms with Gasteiger partial charge >= 0.3 is 0 Å². The second-order valence-electron chi connectivity index (χ2n) is 7.97. The summed E-state index contributed by atoms with van der Waals surface area (Å²) in [6.45, 7) is 11.1. The molecule has 0 aromatic heterocycles. The molecule has 23 heavy (non-hydrogen) atoms. The predicted octanol–water partition coefficient (Wildman–Crippen LogP) is 6.15. The third-order valence-electron chi connectivity index (χ3n) is 5.79. The fraction of sp³-hybridized carbons (Fsp3) is 0.545. The normalized spacial score (nSPS) is 33.1. The Kier molecular flexibility index (Phi) is 4.51. The van der Waals surface area contributed by atoms with Gasteiger partial charge in [0.2, 0.25) is 0 Å². The van der Waals surface area contributed by atoms with Crippen LogP contribution in [0, 0.1) is 18.8 Å². The van der Waals surface area contributed by atoms with E-state index in [1.807, 2.05) is 0 Å². The third-order valence-corrected chi connectivity index (χ3v) is 5.79. The highest BCUT2D eigenvalue weighted by molar-refractivity contribution is 5.28. The van der Waals surface area contributed by atoms with Crippen LogP contribution >= 0.6 is 0 Å². The quantitative estimate of drug-likeness (QED) is 0.608. The Morgan fingerprint density at radius 3 is 2.57 bits per heavy atom. The van der Waals surface area contributed by atoms with Crippen LogP contribution in [0.3, 0.4) is 0 Å². The molecule has 0 radical (unpaired) electrons. The molecule has 124 valence electrons. The first-order valence-corrected chi connectivity index (χ1v) is 8.93. The average Bonchev–Trinajstić information content (AvgIpc) is 2.52. The summed E-state index contributed by atoms with van der Waals surface area (Å²) in [7, 11) is 0. The lowest BCUT2D eigenvalue weighted by atomic mass is 9.67. The fourth-order valence-electron chi connectivity index (χ4n) is 4.08. The summed E-state index contributed by atoms with van der Waals surface area (Å²) in [5.41, 5.74) is 5.48. The van der Waals surface area contributed by atoms with Crippen molar-refractivity contribution in [3.63, 3.8) is 0 Å². The van der Waals surface area contributed by atoms with E-state index in [2.05, 4.69) is 71.0 Å². The van der Waals surface area contributed by atoms with Crippen LogP contribution in [0.2, 0.25) is 0 Å². The maximum atomic E-state index is 6.80. The minimum absolute atomic E-state index is 0.0550. The van der Waals surface area contributed by atoms with Crippen LogP contribution in [0.5, 0.6) is 0 Å². The van der Waals surface area contributed by atoms with Crippen LogP contribution in [0.1, 0.15) is 64.2 Å². The molecule has 2 aliphatic rings. The monoisotopic (exact) mass is 310 g/mol. The topological polar surface area (TPSA) is 9.23 Å². The van der Waals surface area contributed by atoms with Crippen LogP contribution in [-0.2, 0) is 4.74 Å². The lowest BCUT2D eigenvalue weighted by molar-refractivity contribution is -0.175. The minimum atomic E-state index is -0.0550. The lowest BCUT2D eigenvalue weighted by Gasteiger charge is -2.51. The molecule has 0 saturated carbocycles. The van der Waals surface area contributed by atoms with Crippen LogP contribution in [0.15, 0.2) is 47.6 Å². The first kappa shape index (κ1) is 16.5. The molecule has 1 aromatic rings. The van der Waals surface area contributed by atoms with E-state index in [0.29, 0.717) is 11.8 Å². The van der Waals surface area contributed by atoms with E-state index in [1.54, 1.807) is 0 Å². The highest BCUT2D eigenvalue weighted by atomic mass is 16.5.